The molecule has 1 aromatic heterocycles. The number of rotatable bonds is 10. The molecule has 0 aliphatic carbocycles. The van der Waals surface area contributed by atoms with E-state index in [-0.39, 0.29) is 24.9 Å². The third-order valence-corrected chi connectivity index (χ3v) is 6.87. The molecular weight excluding hydrogens is 505 g/mol. The first kappa shape index (κ1) is 26.4. The molecule has 2 aliphatic heterocycles. The van der Waals surface area contributed by atoms with Gasteiger partial charge in [0.05, 0.1) is 32.5 Å². The van der Waals surface area contributed by atoms with Gasteiger partial charge in [-0.05, 0) is 43.7 Å². The van der Waals surface area contributed by atoms with Crippen LogP contribution in [0.4, 0.5) is 21.6 Å². The number of primary amides is 1. The highest BCUT2D eigenvalue weighted by atomic mass is 19.1. The maximum absolute atomic E-state index is 14.2. The van der Waals surface area contributed by atoms with Crippen LogP contribution in [0.1, 0.15) is 24.1 Å². The summed E-state index contributed by atoms with van der Waals surface area (Å²) in [4.78, 5) is 20.2. The lowest BCUT2D eigenvalue weighted by Gasteiger charge is -2.33. The zero-order valence-electron chi connectivity index (χ0n) is 21.7. The number of aromatic nitrogens is 2. The first-order valence-electron chi connectivity index (χ1n) is 12.8. The highest BCUT2D eigenvalue weighted by Crippen LogP contribution is 2.38. The number of β-amino-alcohol motifs (C(OH)–C–C–N with tert-alkyl or cyclic N) is 1. The number of carbonyl (C=O) groups excluding carboxylic acids is 1. The number of carbonyl (C=O) groups is 1. The van der Waals surface area contributed by atoms with Crippen LogP contribution in [-0.2, 0) is 11.2 Å². The lowest BCUT2D eigenvalue weighted by Crippen LogP contribution is -2.40. The Kier molecular flexibility index (Phi) is 7.94. The number of benzene rings is 2. The van der Waals surface area contributed by atoms with Gasteiger partial charge in [-0.1, -0.05) is 6.07 Å². The summed E-state index contributed by atoms with van der Waals surface area (Å²) >= 11 is 0. The first-order valence-corrected chi connectivity index (χ1v) is 12.8. The molecule has 206 valence electrons. The van der Waals surface area contributed by atoms with Crippen molar-refractivity contribution in [2.75, 3.05) is 50.3 Å². The molecule has 2 aromatic carbocycles. The van der Waals surface area contributed by atoms with Crippen LogP contribution < -0.4 is 25.4 Å². The van der Waals surface area contributed by atoms with Crippen molar-refractivity contribution in [1.82, 2.24) is 15.1 Å². The number of amidine groups is 1. The summed E-state index contributed by atoms with van der Waals surface area (Å²) in [5.74, 6) is 1.11. The molecule has 3 aromatic rings. The smallest absolute Gasteiger partial charge is 0.223 e. The summed E-state index contributed by atoms with van der Waals surface area (Å²) < 4.78 is 26.1. The van der Waals surface area contributed by atoms with Crippen LogP contribution in [0.2, 0.25) is 0 Å². The van der Waals surface area contributed by atoms with E-state index < -0.39 is 5.91 Å². The zero-order valence-corrected chi connectivity index (χ0v) is 21.7. The lowest BCUT2D eigenvalue weighted by molar-refractivity contribution is -0.117. The second kappa shape index (κ2) is 11.7. The van der Waals surface area contributed by atoms with Gasteiger partial charge in [0.15, 0.2) is 17.3 Å². The molecule has 3 heterocycles. The Morgan fingerprint density at radius 3 is 2.92 bits per heavy atom. The molecule has 1 atom stereocenters. The van der Waals surface area contributed by atoms with Gasteiger partial charge in [-0.25, -0.2) is 9.38 Å². The number of nitrogens with two attached hydrogens (primary N) is 1. The maximum Gasteiger partial charge on any atom is 0.223 e. The number of halogens is 1. The van der Waals surface area contributed by atoms with Gasteiger partial charge in [-0.15, -0.1) is 0 Å². The number of H-pyrrole nitrogens is 1. The molecule has 12 heteroatoms. The third-order valence-electron chi connectivity index (χ3n) is 6.87. The van der Waals surface area contributed by atoms with Gasteiger partial charge in [0.25, 0.3) is 0 Å². The average Bonchev–Trinajstić information content (AvgIpc) is 3.55. The Hall–Kier alpha value is -4.16. The number of hydrogen-bond acceptors (Lipinski definition) is 8. The predicted molar refractivity (Wildman–Crippen MR) is 145 cm³/mol. The van der Waals surface area contributed by atoms with Crippen LogP contribution in [-0.4, -0.2) is 78.1 Å². The van der Waals surface area contributed by atoms with Crippen molar-refractivity contribution in [2.24, 2.45) is 10.7 Å². The fourth-order valence-corrected chi connectivity index (χ4v) is 5.01. The Labute approximate surface area is 225 Å². The third kappa shape index (κ3) is 5.96. The molecule has 1 amide bonds. The van der Waals surface area contributed by atoms with Crippen LogP contribution in [0.25, 0.3) is 0 Å². The molecule has 0 bridgehead atoms. The molecular formula is C27H32FN7O4. The summed E-state index contributed by atoms with van der Waals surface area (Å²) in [7, 11) is 1.57. The van der Waals surface area contributed by atoms with E-state index in [1.807, 2.05) is 17.0 Å². The van der Waals surface area contributed by atoms with Crippen molar-refractivity contribution in [3.05, 3.63) is 59.5 Å². The van der Waals surface area contributed by atoms with Crippen molar-refractivity contribution >= 4 is 28.9 Å². The summed E-state index contributed by atoms with van der Waals surface area (Å²) in [5.41, 5.74) is 7.93. The molecule has 39 heavy (non-hydrogen) atoms. The number of likely N-dealkylation sites (tertiary alicyclic amines) is 1. The molecule has 0 unspecified atom stereocenters. The van der Waals surface area contributed by atoms with E-state index in [2.05, 4.69) is 20.4 Å². The molecule has 0 spiro atoms. The van der Waals surface area contributed by atoms with Gasteiger partial charge in [-0.3, -0.25) is 14.8 Å². The highest BCUT2D eigenvalue weighted by molar-refractivity contribution is 6.16. The number of ether oxygens (including phenoxy) is 2. The monoisotopic (exact) mass is 537 g/mol. The number of fused-ring (bicyclic) bond motifs is 1. The van der Waals surface area contributed by atoms with E-state index >= 15 is 0 Å². The Bertz CT molecular complexity index is 1360. The normalized spacial score (nSPS) is 18.2. The number of amides is 1. The van der Waals surface area contributed by atoms with Crippen LogP contribution in [0.5, 0.6) is 11.5 Å². The van der Waals surface area contributed by atoms with Gasteiger partial charge in [0.1, 0.15) is 18.3 Å². The minimum Gasteiger partial charge on any atom is -0.493 e. The molecule has 2 aliphatic rings. The molecule has 11 nitrogen and oxygen atoms in total. The predicted octanol–water partition coefficient (Wildman–Crippen LogP) is 2.39. The van der Waals surface area contributed by atoms with E-state index in [1.165, 1.54) is 12.1 Å². The summed E-state index contributed by atoms with van der Waals surface area (Å²) in [5, 5.41) is 19.7. The Morgan fingerprint density at radius 1 is 1.28 bits per heavy atom. The number of aliphatic hydroxyl groups excluding tert-OH is 1. The molecule has 5 N–H and O–H groups in total. The van der Waals surface area contributed by atoms with E-state index in [4.69, 9.17) is 20.2 Å². The quantitative estimate of drug-likeness (QED) is 0.309. The van der Waals surface area contributed by atoms with Gasteiger partial charge >= 0.3 is 0 Å². The Morgan fingerprint density at radius 2 is 2.15 bits per heavy atom. The highest BCUT2D eigenvalue weighted by Gasteiger charge is 2.28. The van der Waals surface area contributed by atoms with Crippen LogP contribution in [0.15, 0.2) is 47.5 Å². The SMILES string of the molecule is COc1cc2c(cc1OC[C@H]1CCCN1CCO)NCN(c1cccc(F)c1)C2=Nc1cc(CC(N)=O)[nH]n1. The van der Waals surface area contributed by atoms with Gasteiger partial charge in [-0.2, -0.15) is 5.10 Å². The number of aromatic amines is 1. The van der Waals surface area contributed by atoms with Crippen LogP contribution >= 0.6 is 0 Å². The largest absolute Gasteiger partial charge is 0.493 e. The van der Waals surface area contributed by atoms with Crippen molar-refractivity contribution in [1.29, 1.82) is 0 Å². The van der Waals surface area contributed by atoms with Gasteiger partial charge in [0.2, 0.25) is 5.91 Å². The number of aliphatic imine (C=N–C) groups is 1. The number of hydrogen-bond donors (Lipinski definition) is 4. The minimum atomic E-state index is -0.485. The summed E-state index contributed by atoms with van der Waals surface area (Å²) in [6.07, 6.45) is 2.09. The van der Waals surface area contributed by atoms with Crippen molar-refractivity contribution in [3.8, 4) is 11.5 Å². The summed E-state index contributed by atoms with van der Waals surface area (Å²) in [6, 6.07) is 11.8. The molecule has 5 rings (SSSR count). The second-order valence-corrected chi connectivity index (χ2v) is 9.49. The van der Waals surface area contributed by atoms with Crippen molar-refractivity contribution in [2.45, 2.75) is 25.3 Å². The minimum absolute atomic E-state index is 0.00879. The van der Waals surface area contributed by atoms with E-state index in [9.17, 15) is 14.3 Å². The molecule has 1 fully saturated rings. The van der Waals surface area contributed by atoms with Gasteiger partial charge < -0.3 is 30.5 Å². The lowest BCUT2D eigenvalue weighted by atomic mass is 10.1. The van der Waals surface area contributed by atoms with Crippen molar-refractivity contribution in [3.63, 3.8) is 0 Å². The summed E-state index contributed by atoms with van der Waals surface area (Å²) in [6.45, 7) is 2.48. The molecule has 1 saturated heterocycles. The van der Waals surface area contributed by atoms with E-state index in [1.54, 1.807) is 25.3 Å². The van der Waals surface area contributed by atoms with E-state index in [0.29, 0.717) is 59.9 Å². The standard InChI is InChI=1S/C27H32FN7O4/c1-38-23-13-21-22(14-24(23)39-15-20-6-3-7-34(20)8-9-36)30-16-35(19-5-2-4-17(28)10-19)27(21)31-26-12-18(32-33-26)11-25(29)37/h2,4-5,10,12-14,20,30,36H,3,6-9,11,15-16H2,1H3,(H2,29,37)(H,32,33)/t20-/m1/s1. The topological polar surface area (TPSA) is 141 Å². The zero-order chi connectivity index (χ0) is 27.4. The number of nitrogens with zero attached hydrogens (tertiary/aromatic N) is 4. The fraction of sp³-hybridized carbons (Fsp3) is 0.370. The van der Waals surface area contributed by atoms with Gasteiger partial charge in [0, 0.05) is 41.7 Å². The first-order chi connectivity index (χ1) is 18.9. The molecule has 0 saturated carbocycles. The van der Waals surface area contributed by atoms with E-state index in [0.717, 1.165) is 25.1 Å². The van der Waals surface area contributed by atoms with Crippen molar-refractivity contribution < 1.29 is 23.8 Å². The fourth-order valence-electron chi connectivity index (χ4n) is 5.01. The van der Waals surface area contributed by atoms with Crippen LogP contribution in [0, 0.1) is 5.82 Å². The maximum atomic E-state index is 14.2. The number of aliphatic hydroxyl groups is 1. The number of nitrogens with one attached hydrogen (secondary N) is 2. The van der Waals surface area contributed by atoms with Crippen LogP contribution in [0.3, 0.4) is 0 Å². The average molecular weight is 538 g/mol. The number of methoxy groups -OCH3 is 1. The second-order valence-electron chi connectivity index (χ2n) is 9.49. The number of anilines is 2. The molecule has 0 radical (unpaired) electrons. The Balaban J connectivity index is 1.49.